The van der Waals surface area contributed by atoms with E-state index in [1.165, 1.54) is 11.1 Å². The molecule has 3 aliphatic rings. The number of ether oxygens (including phenoxy) is 1. The van der Waals surface area contributed by atoms with Crippen LogP contribution >= 0.6 is 0 Å². The minimum atomic E-state index is 0.480. The summed E-state index contributed by atoms with van der Waals surface area (Å²) in [6, 6.07) is 1.01. The standard InChI is InChI=1S/C11H13NO/c1-2-4-10-8(3-1)5-9-6-13-7-11(9)12-10/h1-3,5,10-12H,4,6-7H2. The van der Waals surface area contributed by atoms with Crippen molar-refractivity contribution in [1.29, 1.82) is 0 Å². The molecule has 2 atom stereocenters. The Morgan fingerprint density at radius 3 is 3.38 bits per heavy atom. The fourth-order valence-corrected chi connectivity index (χ4v) is 2.22. The van der Waals surface area contributed by atoms with E-state index < -0.39 is 0 Å². The molecule has 13 heavy (non-hydrogen) atoms. The van der Waals surface area contributed by atoms with E-state index in [1.807, 2.05) is 0 Å². The third-order valence-electron chi connectivity index (χ3n) is 2.95. The summed E-state index contributed by atoms with van der Waals surface area (Å²) in [6.07, 6.45) is 9.98. The number of hydrogen-bond acceptors (Lipinski definition) is 2. The van der Waals surface area contributed by atoms with Gasteiger partial charge in [-0.1, -0.05) is 24.3 Å². The number of allylic oxidation sites excluding steroid dienone is 2. The minimum absolute atomic E-state index is 0.480. The van der Waals surface area contributed by atoms with Gasteiger partial charge in [-0.05, 0) is 17.6 Å². The smallest absolute Gasteiger partial charge is 0.0696 e. The molecule has 1 aliphatic carbocycles. The zero-order valence-electron chi connectivity index (χ0n) is 7.49. The van der Waals surface area contributed by atoms with Crippen molar-refractivity contribution in [2.24, 2.45) is 0 Å². The van der Waals surface area contributed by atoms with Gasteiger partial charge >= 0.3 is 0 Å². The number of fused-ring (bicyclic) bond motifs is 2. The molecular weight excluding hydrogens is 162 g/mol. The molecule has 0 aromatic carbocycles. The molecule has 1 saturated heterocycles. The van der Waals surface area contributed by atoms with Crippen LogP contribution in [0.25, 0.3) is 0 Å². The molecule has 0 bridgehead atoms. The highest BCUT2D eigenvalue weighted by atomic mass is 16.5. The lowest BCUT2D eigenvalue weighted by Gasteiger charge is -2.29. The van der Waals surface area contributed by atoms with Gasteiger partial charge < -0.3 is 10.1 Å². The Balaban J connectivity index is 1.97. The molecule has 2 heterocycles. The van der Waals surface area contributed by atoms with Gasteiger partial charge in [0, 0.05) is 6.04 Å². The first kappa shape index (κ1) is 7.54. The lowest BCUT2D eigenvalue weighted by Crippen LogP contribution is -2.43. The van der Waals surface area contributed by atoms with Crippen LogP contribution < -0.4 is 5.32 Å². The summed E-state index contributed by atoms with van der Waals surface area (Å²) in [7, 11) is 0. The van der Waals surface area contributed by atoms with E-state index in [2.05, 4.69) is 29.6 Å². The predicted molar refractivity (Wildman–Crippen MR) is 51.5 cm³/mol. The second kappa shape index (κ2) is 2.82. The molecule has 0 saturated carbocycles. The van der Waals surface area contributed by atoms with Gasteiger partial charge in [-0.3, -0.25) is 0 Å². The van der Waals surface area contributed by atoms with E-state index in [0.717, 1.165) is 19.6 Å². The molecule has 1 N–H and O–H groups in total. The molecule has 2 aliphatic heterocycles. The maximum absolute atomic E-state index is 5.42. The monoisotopic (exact) mass is 175 g/mol. The van der Waals surface area contributed by atoms with Crippen LogP contribution in [0.2, 0.25) is 0 Å². The molecule has 2 nitrogen and oxygen atoms in total. The van der Waals surface area contributed by atoms with Crippen LogP contribution in [0.3, 0.4) is 0 Å². The Morgan fingerprint density at radius 2 is 2.38 bits per heavy atom. The van der Waals surface area contributed by atoms with E-state index in [-0.39, 0.29) is 0 Å². The molecule has 0 spiro atoms. The van der Waals surface area contributed by atoms with Crippen molar-refractivity contribution in [2.75, 3.05) is 13.2 Å². The van der Waals surface area contributed by atoms with Crippen LogP contribution in [0.1, 0.15) is 6.42 Å². The molecular formula is C11H13NO. The highest BCUT2D eigenvalue weighted by molar-refractivity contribution is 5.41. The fourth-order valence-electron chi connectivity index (χ4n) is 2.22. The summed E-state index contributed by atoms with van der Waals surface area (Å²) in [4.78, 5) is 0. The highest BCUT2D eigenvalue weighted by Gasteiger charge is 2.30. The van der Waals surface area contributed by atoms with Crippen molar-refractivity contribution < 1.29 is 4.74 Å². The van der Waals surface area contributed by atoms with Gasteiger partial charge in [0.25, 0.3) is 0 Å². The second-order valence-corrected chi connectivity index (χ2v) is 3.84. The highest BCUT2D eigenvalue weighted by Crippen LogP contribution is 2.26. The normalized spacial score (nSPS) is 36.3. The van der Waals surface area contributed by atoms with Gasteiger partial charge in [0.1, 0.15) is 0 Å². The van der Waals surface area contributed by atoms with Crippen LogP contribution in [0.15, 0.2) is 35.5 Å². The van der Waals surface area contributed by atoms with Gasteiger partial charge in [0.15, 0.2) is 0 Å². The van der Waals surface area contributed by atoms with Crippen molar-refractivity contribution in [2.45, 2.75) is 18.5 Å². The first-order valence-electron chi connectivity index (χ1n) is 4.84. The van der Waals surface area contributed by atoms with Gasteiger partial charge in [-0.25, -0.2) is 0 Å². The van der Waals surface area contributed by atoms with Crippen molar-refractivity contribution >= 4 is 0 Å². The average molecular weight is 175 g/mol. The lowest BCUT2D eigenvalue weighted by molar-refractivity contribution is 0.192. The van der Waals surface area contributed by atoms with Crippen LogP contribution in [0.4, 0.5) is 0 Å². The molecule has 1 fully saturated rings. The quantitative estimate of drug-likeness (QED) is 0.596. The molecule has 2 unspecified atom stereocenters. The summed E-state index contributed by atoms with van der Waals surface area (Å²) in [5.74, 6) is 0. The fraction of sp³-hybridized carbons (Fsp3) is 0.455. The minimum Gasteiger partial charge on any atom is -0.375 e. The zero-order chi connectivity index (χ0) is 8.67. The topological polar surface area (TPSA) is 21.3 Å². The molecule has 0 aromatic heterocycles. The Labute approximate surface area is 78.0 Å². The Bertz CT molecular complexity index is 314. The summed E-state index contributed by atoms with van der Waals surface area (Å²) in [6.45, 7) is 1.66. The zero-order valence-corrected chi connectivity index (χ0v) is 7.49. The Morgan fingerprint density at radius 1 is 1.38 bits per heavy atom. The van der Waals surface area contributed by atoms with Crippen LogP contribution in [-0.4, -0.2) is 25.3 Å². The number of hydrogen-bond donors (Lipinski definition) is 1. The molecule has 0 amide bonds. The second-order valence-electron chi connectivity index (χ2n) is 3.84. The van der Waals surface area contributed by atoms with Crippen LogP contribution in [0.5, 0.6) is 0 Å². The average Bonchev–Trinajstić information content (AvgIpc) is 2.61. The van der Waals surface area contributed by atoms with Crippen molar-refractivity contribution in [3.8, 4) is 0 Å². The van der Waals surface area contributed by atoms with Gasteiger partial charge in [0.2, 0.25) is 0 Å². The number of nitrogens with one attached hydrogen (secondary N) is 1. The van der Waals surface area contributed by atoms with Crippen molar-refractivity contribution in [3.63, 3.8) is 0 Å². The molecule has 3 rings (SSSR count). The Hall–Kier alpha value is -0.860. The summed E-state index contributed by atoms with van der Waals surface area (Å²) in [5.41, 5.74) is 2.83. The Kier molecular flexibility index (Phi) is 1.64. The third-order valence-corrected chi connectivity index (χ3v) is 2.95. The van der Waals surface area contributed by atoms with E-state index in [1.54, 1.807) is 0 Å². The maximum Gasteiger partial charge on any atom is 0.0696 e. The molecule has 2 heteroatoms. The summed E-state index contributed by atoms with van der Waals surface area (Å²) in [5, 5.41) is 3.60. The first-order chi connectivity index (χ1) is 6.43. The van der Waals surface area contributed by atoms with Gasteiger partial charge in [0.05, 0.1) is 19.3 Å². The summed E-state index contributed by atoms with van der Waals surface area (Å²) < 4.78 is 5.42. The molecule has 0 aromatic rings. The summed E-state index contributed by atoms with van der Waals surface area (Å²) >= 11 is 0. The molecule has 0 radical (unpaired) electrons. The SMILES string of the molecule is C1=CCC2NC3COCC3=CC2=C1. The molecule has 68 valence electrons. The van der Waals surface area contributed by atoms with E-state index in [4.69, 9.17) is 4.74 Å². The largest absolute Gasteiger partial charge is 0.375 e. The van der Waals surface area contributed by atoms with Crippen molar-refractivity contribution in [3.05, 3.63) is 35.5 Å². The first-order valence-corrected chi connectivity index (χ1v) is 4.84. The predicted octanol–water partition coefficient (Wildman–Crippen LogP) is 1.17. The van der Waals surface area contributed by atoms with E-state index >= 15 is 0 Å². The third kappa shape index (κ3) is 1.18. The van der Waals surface area contributed by atoms with E-state index in [9.17, 15) is 0 Å². The van der Waals surface area contributed by atoms with Crippen molar-refractivity contribution in [1.82, 2.24) is 5.32 Å². The van der Waals surface area contributed by atoms with Gasteiger partial charge in [-0.15, -0.1) is 0 Å². The lowest BCUT2D eigenvalue weighted by atomic mass is 9.90. The van der Waals surface area contributed by atoms with Crippen LogP contribution in [-0.2, 0) is 4.74 Å². The van der Waals surface area contributed by atoms with Crippen LogP contribution in [0, 0.1) is 0 Å². The maximum atomic E-state index is 5.42. The van der Waals surface area contributed by atoms with Gasteiger partial charge in [-0.2, -0.15) is 0 Å². The van der Waals surface area contributed by atoms with E-state index in [0.29, 0.717) is 12.1 Å². The number of rotatable bonds is 0.